The molecule has 2 heteroatoms. The fourth-order valence-corrected chi connectivity index (χ4v) is 4.41. The van der Waals surface area contributed by atoms with Crippen LogP contribution in [0.1, 0.15) is 49.8 Å². The van der Waals surface area contributed by atoms with Gasteiger partial charge in [0.25, 0.3) is 0 Å². The van der Waals surface area contributed by atoms with Gasteiger partial charge in [0.15, 0.2) is 0 Å². The number of aryl methyl sites for hydroxylation is 1. The van der Waals surface area contributed by atoms with Crippen LogP contribution in [0.4, 0.5) is 17.1 Å². The van der Waals surface area contributed by atoms with E-state index in [1.165, 1.54) is 66.1 Å². The number of anilines is 3. The van der Waals surface area contributed by atoms with Crippen molar-refractivity contribution in [2.24, 2.45) is 0 Å². The maximum absolute atomic E-state index is 3.69. The second-order valence-corrected chi connectivity index (χ2v) is 7.53. The lowest BCUT2D eigenvalue weighted by atomic mass is 9.72. The molecule has 0 spiro atoms. The van der Waals surface area contributed by atoms with Gasteiger partial charge < -0.3 is 10.2 Å². The molecule has 120 valence electrons. The quantitative estimate of drug-likeness (QED) is 0.762. The first-order valence-corrected chi connectivity index (χ1v) is 8.84. The van der Waals surface area contributed by atoms with Crippen LogP contribution < -0.4 is 10.2 Å². The fourth-order valence-electron chi connectivity index (χ4n) is 4.41. The molecule has 0 radical (unpaired) electrons. The monoisotopic (exact) mass is 306 g/mol. The Labute approximate surface area is 139 Å². The molecule has 1 fully saturated rings. The van der Waals surface area contributed by atoms with Gasteiger partial charge >= 0.3 is 0 Å². The summed E-state index contributed by atoms with van der Waals surface area (Å²) >= 11 is 0. The van der Waals surface area contributed by atoms with Crippen LogP contribution in [-0.4, -0.2) is 13.1 Å². The van der Waals surface area contributed by atoms with Gasteiger partial charge in [-0.05, 0) is 61.1 Å². The van der Waals surface area contributed by atoms with Crippen molar-refractivity contribution < 1.29 is 0 Å². The molecule has 2 aromatic carbocycles. The summed E-state index contributed by atoms with van der Waals surface area (Å²) in [4.78, 5) is 2.53. The average Bonchev–Trinajstić information content (AvgIpc) is 2.55. The Balaban J connectivity index is 1.78. The smallest absolute Gasteiger partial charge is 0.0446 e. The summed E-state index contributed by atoms with van der Waals surface area (Å²) in [5.41, 5.74) is 8.14. The first kappa shape index (κ1) is 14.6. The number of nitrogens with zero attached hydrogens (tertiary/aromatic N) is 1. The van der Waals surface area contributed by atoms with E-state index in [4.69, 9.17) is 0 Å². The molecule has 2 aromatic rings. The summed E-state index contributed by atoms with van der Waals surface area (Å²) in [7, 11) is 0. The first-order chi connectivity index (χ1) is 11.1. The predicted molar refractivity (Wildman–Crippen MR) is 99.1 cm³/mol. The Kier molecular flexibility index (Phi) is 3.37. The summed E-state index contributed by atoms with van der Waals surface area (Å²) in [6.07, 6.45) is 4.01. The zero-order chi connectivity index (χ0) is 16.0. The van der Waals surface area contributed by atoms with Gasteiger partial charge in [0.1, 0.15) is 0 Å². The van der Waals surface area contributed by atoms with Crippen LogP contribution in [0.3, 0.4) is 0 Å². The van der Waals surface area contributed by atoms with E-state index >= 15 is 0 Å². The molecule has 23 heavy (non-hydrogen) atoms. The molecule has 1 N–H and O–H groups in total. The van der Waals surface area contributed by atoms with Crippen LogP contribution in [0.15, 0.2) is 36.4 Å². The van der Waals surface area contributed by atoms with E-state index in [2.05, 4.69) is 67.4 Å². The van der Waals surface area contributed by atoms with Crippen LogP contribution >= 0.6 is 0 Å². The molecule has 0 bridgehead atoms. The van der Waals surface area contributed by atoms with Crippen LogP contribution in [0.2, 0.25) is 0 Å². The summed E-state index contributed by atoms with van der Waals surface area (Å²) < 4.78 is 0. The molecule has 0 aromatic heterocycles. The van der Waals surface area contributed by atoms with Crippen molar-refractivity contribution in [3.63, 3.8) is 0 Å². The molecule has 2 aliphatic rings. The zero-order valence-electron chi connectivity index (χ0n) is 14.4. The van der Waals surface area contributed by atoms with Gasteiger partial charge in [-0.25, -0.2) is 0 Å². The highest BCUT2D eigenvalue weighted by molar-refractivity contribution is 5.79. The molecular weight excluding hydrogens is 280 g/mol. The third-order valence-corrected chi connectivity index (χ3v) is 5.56. The lowest BCUT2D eigenvalue weighted by Crippen LogP contribution is -2.30. The minimum Gasteiger partial charge on any atom is -0.371 e. The number of fused-ring (bicyclic) bond motifs is 2. The standard InChI is InChI=1S/C21H26N2/c1-15-8-7-9-18-20(15)21(2,3)17-11-10-16(14-19(17)22-18)23-12-5-4-6-13-23/h7-11,14,22H,4-6,12-13H2,1-3H3. The molecule has 0 amide bonds. The molecule has 4 rings (SSSR count). The van der Waals surface area contributed by atoms with Gasteiger partial charge in [0, 0.05) is 35.6 Å². The second kappa shape index (κ2) is 5.30. The van der Waals surface area contributed by atoms with Crippen molar-refractivity contribution in [3.8, 4) is 0 Å². The van der Waals surface area contributed by atoms with Gasteiger partial charge in [0.05, 0.1) is 0 Å². The minimum absolute atomic E-state index is 0.0433. The fraction of sp³-hybridized carbons (Fsp3) is 0.429. The third kappa shape index (κ3) is 2.32. The van der Waals surface area contributed by atoms with Crippen molar-refractivity contribution in [1.82, 2.24) is 0 Å². The van der Waals surface area contributed by atoms with Crippen LogP contribution in [-0.2, 0) is 5.41 Å². The van der Waals surface area contributed by atoms with Crippen molar-refractivity contribution in [2.75, 3.05) is 23.3 Å². The van der Waals surface area contributed by atoms with Crippen molar-refractivity contribution in [2.45, 2.75) is 45.4 Å². The predicted octanol–water partition coefficient (Wildman–Crippen LogP) is 5.37. The Hall–Kier alpha value is -1.96. The number of nitrogens with one attached hydrogen (secondary N) is 1. The molecular formula is C21H26N2. The van der Waals surface area contributed by atoms with Gasteiger partial charge in [0.2, 0.25) is 0 Å². The molecule has 0 aliphatic carbocycles. The summed E-state index contributed by atoms with van der Waals surface area (Å²) in [6, 6.07) is 13.6. The van der Waals surface area contributed by atoms with E-state index in [0.717, 1.165) is 0 Å². The average molecular weight is 306 g/mol. The maximum atomic E-state index is 3.69. The number of benzene rings is 2. The largest absolute Gasteiger partial charge is 0.371 e. The number of hydrogen-bond donors (Lipinski definition) is 1. The topological polar surface area (TPSA) is 15.3 Å². The Morgan fingerprint density at radius 1 is 0.957 bits per heavy atom. The summed E-state index contributed by atoms with van der Waals surface area (Å²) in [5, 5.41) is 3.69. The SMILES string of the molecule is Cc1cccc2c1C(C)(C)c1ccc(N3CCCCC3)cc1N2. The van der Waals surface area contributed by atoms with Crippen LogP contribution in [0.25, 0.3) is 0 Å². The molecule has 2 nitrogen and oxygen atoms in total. The summed E-state index contributed by atoms with van der Waals surface area (Å²) in [5.74, 6) is 0. The first-order valence-electron chi connectivity index (χ1n) is 8.84. The lowest BCUT2D eigenvalue weighted by molar-refractivity contribution is 0.577. The van der Waals surface area contributed by atoms with Crippen molar-refractivity contribution >= 4 is 17.1 Å². The molecule has 2 aliphatic heterocycles. The van der Waals surface area contributed by atoms with E-state index in [9.17, 15) is 0 Å². The Bertz CT molecular complexity index is 740. The highest BCUT2D eigenvalue weighted by Gasteiger charge is 2.34. The molecule has 2 heterocycles. The van der Waals surface area contributed by atoms with Gasteiger partial charge in [-0.1, -0.05) is 32.0 Å². The highest BCUT2D eigenvalue weighted by atomic mass is 15.1. The van der Waals surface area contributed by atoms with Gasteiger partial charge in [-0.2, -0.15) is 0 Å². The minimum atomic E-state index is 0.0433. The number of hydrogen-bond acceptors (Lipinski definition) is 2. The number of piperidine rings is 1. The Morgan fingerprint density at radius 2 is 1.74 bits per heavy atom. The third-order valence-electron chi connectivity index (χ3n) is 5.56. The summed E-state index contributed by atoms with van der Waals surface area (Å²) in [6.45, 7) is 9.29. The van der Waals surface area contributed by atoms with E-state index in [1.807, 2.05) is 0 Å². The van der Waals surface area contributed by atoms with E-state index in [-0.39, 0.29) is 5.41 Å². The second-order valence-electron chi connectivity index (χ2n) is 7.53. The van der Waals surface area contributed by atoms with Crippen LogP contribution in [0.5, 0.6) is 0 Å². The maximum Gasteiger partial charge on any atom is 0.0446 e. The lowest BCUT2D eigenvalue weighted by Gasteiger charge is -2.38. The van der Waals surface area contributed by atoms with E-state index in [0.29, 0.717) is 0 Å². The number of rotatable bonds is 1. The van der Waals surface area contributed by atoms with Gasteiger partial charge in [-0.15, -0.1) is 0 Å². The zero-order valence-corrected chi connectivity index (χ0v) is 14.4. The normalized spacial score (nSPS) is 18.8. The van der Waals surface area contributed by atoms with E-state index < -0.39 is 0 Å². The highest BCUT2D eigenvalue weighted by Crippen LogP contribution is 2.47. The van der Waals surface area contributed by atoms with Gasteiger partial charge in [-0.3, -0.25) is 0 Å². The molecule has 0 atom stereocenters. The molecule has 0 unspecified atom stereocenters. The molecule has 0 saturated carbocycles. The Morgan fingerprint density at radius 3 is 2.52 bits per heavy atom. The van der Waals surface area contributed by atoms with Crippen molar-refractivity contribution in [1.29, 1.82) is 0 Å². The van der Waals surface area contributed by atoms with Crippen LogP contribution in [0, 0.1) is 6.92 Å². The van der Waals surface area contributed by atoms with Crippen molar-refractivity contribution in [3.05, 3.63) is 53.1 Å². The molecule has 1 saturated heterocycles. The van der Waals surface area contributed by atoms with E-state index in [1.54, 1.807) is 0 Å².